The molecule has 140 heavy (non-hydrogen) atoms. The second kappa shape index (κ2) is 39.4. The van der Waals surface area contributed by atoms with Crippen molar-refractivity contribution in [1.29, 1.82) is 0 Å². The van der Waals surface area contributed by atoms with Crippen molar-refractivity contribution in [3.63, 3.8) is 0 Å². The fraction of sp³-hybridized carbons (Fsp3) is 0.0331. The lowest BCUT2D eigenvalue weighted by Crippen LogP contribution is -2.38. The molecule has 0 aliphatic carbocycles. The quantitative estimate of drug-likeness (QED) is 0.0319. The summed E-state index contributed by atoms with van der Waals surface area (Å²) in [6, 6.07) is 151. The summed E-state index contributed by atoms with van der Waals surface area (Å²) < 4.78 is 117. The molecule has 22 rings (SSSR count). The van der Waals surface area contributed by atoms with E-state index in [1.807, 2.05) is 419 Å². The van der Waals surface area contributed by atoms with Crippen LogP contribution >= 0.6 is 42.9 Å². The maximum atomic E-state index is 16.1. The molecule has 0 atom stereocenters. The lowest BCUT2D eigenvalue weighted by molar-refractivity contribution is 0.311. The standard InChI is InChI=1S/C57H45O3P3.3C21H16NO2P.CH4.Al/c1-40-34-49-52(37-55(40)61(58,43-22-10-4-11-23-43)44-24-12-5-13-25-44)50-35-41(2)57(63(60,47-30-18-8-19-31-47)48-32-20-9-21-33-48)39-54(50)51-36-42(3)56(38-53(49)51)62(59,45-26-14-6-15-27-45)46-28-16-7-17-29-46;3*23-19-13-14-20(18-12-7-15-22-21(18)19)25(24,16-8-3-1-4-9-16)17-10-5-2-6-11-17;;/h4-39H,1-3H3;3*1-15,23H;1H4;/q;;;;;+3/p-3. The number of nitrogens with zero attached hydrogens (tertiary/aromatic N) is 3. The lowest BCUT2D eigenvalue weighted by Gasteiger charge is -2.26. The Hall–Kier alpha value is -14.5. The number of pyridine rings is 3. The number of aryl methyl sites for hydroxylation is 3. The first-order valence-electron chi connectivity index (χ1n) is 45.9. The van der Waals surface area contributed by atoms with Gasteiger partial charge in [-0.3, -0.25) is 15.0 Å². The van der Waals surface area contributed by atoms with Crippen molar-refractivity contribution in [1.82, 2.24) is 15.0 Å². The average molecular weight is 1950 g/mol. The molecule has 0 spiro atoms. The molecule has 19 heteroatoms. The van der Waals surface area contributed by atoms with Gasteiger partial charge in [-0.2, -0.15) is 0 Å². The fourth-order valence-electron chi connectivity index (χ4n) is 19.6. The molecule has 0 aliphatic rings. The maximum absolute atomic E-state index is 16.1. The van der Waals surface area contributed by atoms with Crippen LogP contribution in [0.1, 0.15) is 24.1 Å². The highest BCUT2D eigenvalue weighted by Gasteiger charge is 2.48. The van der Waals surface area contributed by atoms with Crippen LogP contribution in [0.4, 0.5) is 0 Å². The molecule has 0 saturated heterocycles. The van der Waals surface area contributed by atoms with Gasteiger partial charge < -0.3 is 38.8 Å². The Labute approximate surface area is 819 Å². The third-order valence-corrected chi connectivity index (χ3v) is 46.5. The Kier molecular flexibility index (Phi) is 26.2. The van der Waals surface area contributed by atoms with Crippen LogP contribution < -0.4 is 107 Å². The van der Waals surface area contributed by atoms with Crippen LogP contribution in [0.15, 0.2) is 492 Å². The fourth-order valence-corrected chi connectivity index (χ4v) is 38.1. The first-order valence-corrected chi connectivity index (χ1v) is 57.5. The number of rotatable bonds is 24. The predicted octanol–water partition coefficient (Wildman–Crippen LogP) is 22.4. The molecule has 0 amide bonds. The van der Waals surface area contributed by atoms with Gasteiger partial charge >= 0.3 is 15.1 Å². The molecule has 0 fully saturated rings. The Balaban J connectivity index is 0.000000174. The molecule has 0 N–H and O–H groups in total. The minimum Gasteiger partial charge on any atom is -0.576 e. The smallest absolute Gasteiger partial charge is 0.576 e. The van der Waals surface area contributed by atoms with Gasteiger partial charge in [0.2, 0.25) is 0 Å². The number of hydrogen-bond donors (Lipinski definition) is 0. The SMILES string of the molecule is C.Cc1cc2c(cc1P(=O)(c1ccccc1)c1ccccc1)c1cc(C)c(P(=O)(c3ccccc3)c3ccccc3)cc1c1cc(C)c(P(=O)(c3ccccc3)c3ccccc3)cc21.O=P(c1ccccc1)(c1ccccc1)c1ccc([O][Al]([O]c2ccc(P(=O)(c3ccccc3)c3ccccc3)c3cccnc23)[O]c2ccc(P(=O)(c3ccccc3)c3ccccc3)c3cccnc23)c2ncccc12. The monoisotopic (exact) mass is 1950 g/mol. The number of fused-ring (bicyclic) bond motifs is 9. The summed E-state index contributed by atoms with van der Waals surface area (Å²) in [5.74, 6) is 1.00. The van der Waals surface area contributed by atoms with Crippen LogP contribution in [-0.4, -0.2) is 30.1 Å². The van der Waals surface area contributed by atoms with Crippen LogP contribution in [0.5, 0.6) is 17.2 Å². The van der Waals surface area contributed by atoms with Gasteiger partial charge in [-0.15, -0.1) is 0 Å². The van der Waals surface area contributed by atoms with Crippen molar-refractivity contribution in [2.75, 3.05) is 0 Å². The molecule has 22 aromatic rings. The van der Waals surface area contributed by atoms with E-state index in [0.717, 1.165) is 96.7 Å². The number of aromatic nitrogens is 3. The lowest BCUT2D eigenvalue weighted by atomic mass is 9.91. The van der Waals surface area contributed by atoms with E-state index < -0.39 is 58.0 Å². The molecule has 0 saturated carbocycles. The topological polar surface area (TPSA) is 169 Å². The molecule has 12 nitrogen and oxygen atoms in total. The Morgan fingerprint density at radius 3 is 0.507 bits per heavy atom. The second-order valence-electron chi connectivity index (χ2n) is 34.3. The van der Waals surface area contributed by atoms with Crippen molar-refractivity contribution in [3.05, 3.63) is 508 Å². The summed E-state index contributed by atoms with van der Waals surface area (Å²) >= 11 is -3.59. The third kappa shape index (κ3) is 16.7. The van der Waals surface area contributed by atoms with E-state index in [1.54, 1.807) is 36.8 Å². The molecule has 0 radical (unpaired) electrons. The minimum absolute atomic E-state index is 0. The van der Waals surface area contributed by atoms with Gasteiger partial charge in [-0.25, -0.2) is 0 Å². The van der Waals surface area contributed by atoms with Crippen LogP contribution in [0, 0.1) is 20.8 Å². The van der Waals surface area contributed by atoms with Crippen LogP contribution in [0.25, 0.3) is 65.0 Å². The second-order valence-corrected chi connectivity index (χ2v) is 52.0. The first-order chi connectivity index (χ1) is 68.0. The van der Waals surface area contributed by atoms with E-state index in [2.05, 4.69) is 57.2 Å². The van der Waals surface area contributed by atoms with Gasteiger partial charge in [0.1, 0.15) is 33.8 Å². The predicted molar refractivity (Wildman–Crippen MR) is 589 cm³/mol. The third-order valence-electron chi connectivity index (χ3n) is 26.2. The molecular weight excluding hydrogens is 1850 g/mol. The summed E-state index contributed by atoms with van der Waals surface area (Å²) in [5, 5.41) is 20.3. The van der Waals surface area contributed by atoms with E-state index in [-0.39, 0.29) is 7.43 Å². The van der Waals surface area contributed by atoms with Crippen LogP contribution in [0.3, 0.4) is 0 Å². The van der Waals surface area contributed by atoms with E-state index in [4.69, 9.17) is 26.3 Å². The number of benzene rings is 19. The van der Waals surface area contributed by atoms with Gasteiger partial charge in [0.05, 0.1) is 0 Å². The zero-order chi connectivity index (χ0) is 94.9. The van der Waals surface area contributed by atoms with E-state index in [9.17, 15) is 0 Å². The average Bonchev–Trinajstić information content (AvgIpc) is 0.700. The molecular formula is C121H94AlN3O9P6. The summed E-state index contributed by atoms with van der Waals surface area (Å²) in [6.07, 6.45) is 5.03. The van der Waals surface area contributed by atoms with E-state index in [0.29, 0.717) is 97.7 Å². The van der Waals surface area contributed by atoms with Crippen LogP contribution in [0.2, 0.25) is 0 Å². The highest BCUT2D eigenvalue weighted by Crippen LogP contribution is 2.54. The van der Waals surface area contributed by atoms with Crippen molar-refractivity contribution >= 4 is 219 Å². The zero-order valence-corrected chi connectivity index (χ0v) is 82.6. The normalized spacial score (nSPS) is 11.9. The van der Waals surface area contributed by atoms with Gasteiger partial charge in [0, 0.05) is 130 Å². The Bertz CT molecular complexity index is 7610. The molecule has 19 aromatic carbocycles. The summed E-state index contributed by atoms with van der Waals surface area (Å²) in [6.45, 7) is 6.17. The van der Waals surface area contributed by atoms with Crippen molar-refractivity contribution in [3.8, 4) is 17.2 Å². The first kappa shape index (κ1) is 93.2. The van der Waals surface area contributed by atoms with Gasteiger partial charge in [-0.05, 0) is 143 Å². The molecule has 0 bridgehead atoms. The zero-order valence-electron chi connectivity index (χ0n) is 76.0. The number of hydrogen-bond acceptors (Lipinski definition) is 12. The van der Waals surface area contributed by atoms with Gasteiger partial charge in [0.15, 0.2) is 42.9 Å². The molecule has 680 valence electrons. The van der Waals surface area contributed by atoms with E-state index >= 15 is 27.4 Å². The summed E-state index contributed by atoms with van der Waals surface area (Å²) in [5.41, 5.74) is 4.06. The van der Waals surface area contributed by atoms with Crippen molar-refractivity contribution in [2.45, 2.75) is 28.2 Å². The largest absolute Gasteiger partial charge is 1.20 e. The molecule has 3 heterocycles. The highest BCUT2D eigenvalue weighted by atomic mass is 31.2. The molecule has 0 unspecified atom stereocenters. The highest BCUT2D eigenvalue weighted by molar-refractivity contribution is 7.88. The Morgan fingerprint density at radius 2 is 0.336 bits per heavy atom. The van der Waals surface area contributed by atoms with Crippen molar-refractivity contribution < 1.29 is 38.8 Å². The van der Waals surface area contributed by atoms with Crippen molar-refractivity contribution in [2.24, 2.45) is 0 Å². The van der Waals surface area contributed by atoms with Gasteiger partial charge in [0.25, 0.3) is 0 Å². The maximum Gasteiger partial charge on any atom is 1.20 e. The Morgan fingerprint density at radius 1 is 0.179 bits per heavy atom. The minimum atomic E-state index is -3.59. The summed E-state index contributed by atoms with van der Waals surface area (Å²) in [7, 11) is -20.6. The van der Waals surface area contributed by atoms with Crippen LogP contribution in [-0.2, 0) is 27.4 Å². The molecule has 3 aromatic heterocycles. The molecule has 0 aliphatic heterocycles. The van der Waals surface area contributed by atoms with E-state index in [1.165, 1.54) is 0 Å². The summed E-state index contributed by atoms with van der Waals surface area (Å²) in [4.78, 5) is 14.6. The van der Waals surface area contributed by atoms with Gasteiger partial charge in [-0.1, -0.05) is 408 Å².